The lowest BCUT2D eigenvalue weighted by Crippen LogP contribution is -2.39. The van der Waals surface area contributed by atoms with Crippen LogP contribution in [0, 0.1) is 6.92 Å². The Labute approximate surface area is 176 Å². The molecule has 0 aliphatic carbocycles. The van der Waals surface area contributed by atoms with E-state index < -0.39 is 22.5 Å². The lowest BCUT2D eigenvalue weighted by Gasteiger charge is -2.23. The molecule has 0 atom stereocenters. The van der Waals surface area contributed by atoms with Crippen LogP contribution in [0.1, 0.15) is 25.0 Å². The number of carbonyl (C=O) groups is 1. The highest BCUT2D eigenvalue weighted by Crippen LogP contribution is 2.26. The molecule has 0 aliphatic heterocycles. The molecule has 1 N–H and O–H groups in total. The van der Waals surface area contributed by atoms with Gasteiger partial charge in [0.15, 0.2) is 0 Å². The number of aryl methyl sites for hydroxylation is 1. The van der Waals surface area contributed by atoms with Gasteiger partial charge in [-0.3, -0.25) is 9.10 Å². The van der Waals surface area contributed by atoms with E-state index in [1.165, 1.54) is 12.3 Å². The van der Waals surface area contributed by atoms with Gasteiger partial charge in [-0.05, 0) is 68.3 Å². The maximum absolute atomic E-state index is 12.3. The molecule has 2 rings (SSSR count). The number of hydrogen-bond donors (Lipinski definition) is 1. The van der Waals surface area contributed by atoms with Gasteiger partial charge >= 0.3 is 0 Å². The van der Waals surface area contributed by atoms with E-state index in [2.05, 4.69) is 10.5 Å². The van der Waals surface area contributed by atoms with Crippen molar-refractivity contribution in [1.29, 1.82) is 0 Å². The molecular weight excluding hydrogens is 414 g/mol. The first-order chi connectivity index (χ1) is 13.6. The second-order valence-electron chi connectivity index (χ2n) is 6.73. The normalized spacial score (nSPS) is 11.7. The maximum Gasteiger partial charge on any atom is 0.260 e. The summed E-state index contributed by atoms with van der Waals surface area (Å²) in [5.74, 6) is 0.160. The zero-order chi connectivity index (χ0) is 21.6. The lowest BCUT2D eigenvalue weighted by atomic mass is 10.2. The Kier molecular flexibility index (Phi) is 7.64. The first-order valence-corrected chi connectivity index (χ1v) is 11.1. The van der Waals surface area contributed by atoms with Crippen LogP contribution in [-0.4, -0.2) is 39.4 Å². The largest absolute Gasteiger partial charge is 0.491 e. The summed E-state index contributed by atoms with van der Waals surface area (Å²) in [5, 5.41) is 4.27. The number of hydrazone groups is 1. The molecule has 0 unspecified atom stereocenters. The topological polar surface area (TPSA) is 88.1 Å². The number of nitrogens with one attached hydrogen (secondary N) is 1. The summed E-state index contributed by atoms with van der Waals surface area (Å²) in [6, 6.07) is 12.1. The molecule has 29 heavy (non-hydrogen) atoms. The number of sulfonamides is 1. The molecule has 0 bridgehead atoms. The predicted molar refractivity (Wildman–Crippen MR) is 116 cm³/mol. The Morgan fingerprint density at radius 3 is 2.48 bits per heavy atom. The van der Waals surface area contributed by atoms with Crippen molar-refractivity contribution in [3.05, 3.63) is 58.6 Å². The third kappa shape index (κ3) is 7.07. The standard InChI is InChI=1S/C20H24ClN3O4S/c1-14(2)28-18-9-6-16(7-10-18)12-22-23-20(25)13-24(29(4,26)27)19-11-17(21)8-5-15(19)3/h5-12,14H,13H2,1-4H3,(H,23,25)/b22-12-. The predicted octanol–water partition coefficient (Wildman–Crippen LogP) is 3.35. The van der Waals surface area contributed by atoms with E-state index in [4.69, 9.17) is 16.3 Å². The lowest BCUT2D eigenvalue weighted by molar-refractivity contribution is -0.119. The molecule has 0 spiro atoms. The molecule has 2 aromatic rings. The van der Waals surface area contributed by atoms with E-state index in [1.54, 1.807) is 43.3 Å². The van der Waals surface area contributed by atoms with Crippen molar-refractivity contribution in [2.45, 2.75) is 26.9 Å². The summed E-state index contributed by atoms with van der Waals surface area (Å²) < 4.78 is 30.9. The average Bonchev–Trinajstić information content (AvgIpc) is 2.62. The fourth-order valence-corrected chi connectivity index (χ4v) is 3.55. The van der Waals surface area contributed by atoms with E-state index in [9.17, 15) is 13.2 Å². The number of carbonyl (C=O) groups excluding carboxylic acids is 1. The number of rotatable bonds is 8. The van der Waals surface area contributed by atoms with E-state index >= 15 is 0 Å². The van der Waals surface area contributed by atoms with Gasteiger partial charge in [0, 0.05) is 5.02 Å². The summed E-state index contributed by atoms with van der Waals surface area (Å²) in [6.45, 7) is 5.20. The van der Waals surface area contributed by atoms with Crippen LogP contribution in [-0.2, 0) is 14.8 Å². The molecule has 0 saturated carbocycles. The monoisotopic (exact) mass is 437 g/mol. The molecule has 0 heterocycles. The Hall–Kier alpha value is -2.58. The van der Waals surface area contributed by atoms with Crippen molar-refractivity contribution in [1.82, 2.24) is 5.43 Å². The van der Waals surface area contributed by atoms with Crippen molar-refractivity contribution in [3.8, 4) is 5.75 Å². The van der Waals surface area contributed by atoms with Crippen LogP contribution in [0.5, 0.6) is 5.75 Å². The van der Waals surface area contributed by atoms with E-state index in [1.807, 2.05) is 13.8 Å². The van der Waals surface area contributed by atoms with Gasteiger partial charge in [-0.15, -0.1) is 0 Å². The molecule has 7 nitrogen and oxygen atoms in total. The molecule has 156 valence electrons. The molecule has 0 radical (unpaired) electrons. The number of ether oxygens (including phenoxy) is 1. The number of anilines is 1. The second kappa shape index (κ2) is 9.76. The summed E-state index contributed by atoms with van der Waals surface area (Å²) in [7, 11) is -3.70. The molecule has 0 aromatic heterocycles. The van der Waals surface area contributed by atoms with Crippen LogP contribution in [0.3, 0.4) is 0 Å². The second-order valence-corrected chi connectivity index (χ2v) is 9.07. The van der Waals surface area contributed by atoms with Gasteiger partial charge in [0.05, 0.1) is 24.3 Å². The molecule has 1 amide bonds. The Morgan fingerprint density at radius 1 is 1.24 bits per heavy atom. The number of hydrogen-bond acceptors (Lipinski definition) is 5. The van der Waals surface area contributed by atoms with Crippen LogP contribution in [0.15, 0.2) is 47.6 Å². The smallest absolute Gasteiger partial charge is 0.260 e. The number of benzene rings is 2. The highest BCUT2D eigenvalue weighted by atomic mass is 35.5. The highest BCUT2D eigenvalue weighted by Gasteiger charge is 2.22. The molecule has 9 heteroatoms. The van der Waals surface area contributed by atoms with E-state index in [0.29, 0.717) is 16.3 Å². The third-order valence-corrected chi connectivity index (χ3v) is 5.14. The van der Waals surface area contributed by atoms with Crippen LogP contribution in [0.4, 0.5) is 5.69 Å². The number of amides is 1. The molecule has 2 aromatic carbocycles. The van der Waals surface area contributed by atoms with Crippen molar-refractivity contribution >= 4 is 39.4 Å². The Morgan fingerprint density at radius 2 is 1.90 bits per heavy atom. The van der Waals surface area contributed by atoms with E-state index in [-0.39, 0.29) is 6.10 Å². The summed E-state index contributed by atoms with van der Waals surface area (Å²) in [5.41, 5.74) is 4.13. The van der Waals surface area contributed by atoms with Gasteiger partial charge in [-0.1, -0.05) is 17.7 Å². The number of nitrogens with zero attached hydrogens (tertiary/aromatic N) is 2. The minimum atomic E-state index is -3.70. The molecule has 0 fully saturated rings. The zero-order valence-corrected chi connectivity index (χ0v) is 18.3. The SMILES string of the molecule is Cc1ccc(Cl)cc1N(CC(=O)N/N=C\c1ccc(OC(C)C)cc1)S(C)(=O)=O. The van der Waals surface area contributed by atoms with Crippen molar-refractivity contribution in [2.24, 2.45) is 5.10 Å². The van der Waals surface area contributed by atoms with Gasteiger partial charge in [-0.2, -0.15) is 5.10 Å². The van der Waals surface area contributed by atoms with E-state index in [0.717, 1.165) is 21.9 Å². The Bertz CT molecular complexity index is 989. The zero-order valence-electron chi connectivity index (χ0n) is 16.7. The summed E-state index contributed by atoms with van der Waals surface area (Å²) in [4.78, 5) is 12.3. The average molecular weight is 438 g/mol. The van der Waals surface area contributed by atoms with Crippen molar-refractivity contribution in [3.63, 3.8) is 0 Å². The van der Waals surface area contributed by atoms with Gasteiger partial charge < -0.3 is 4.74 Å². The minimum Gasteiger partial charge on any atom is -0.491 e. The summed E-state index contributed by atoms with van der Waals surface area (Å²) in [6.07, 6.45) is 2.58. The first-order valence-electron chi connectivity index (χ1n) is 8.89. The van der Waals surface area contributed by atoms with Crippen molar-refractivity contribution in [2.75, 3.05) is 17.1 Å². The van der Waals surface area contributed by atoms with Crippen molar-refractivity contribution < 1.29 is 17.9 Å². The summed E-state index contributed by atoms with van der Waals surface area (Å²) >= 11 is 5.98. The minimum absolute atomic E-state index is 0.0785. The molecule has 0 saturated heterocycles. The fraction of sp³-hybridized carbons (Fsp3) is 0.300. The van der Waals surface area contributed by atoms with Gasteiger partial charge in [0.25, 0.3) is 5.91 Å². The quantitative estimate of drug-likeness (QED) is 0.506. The van der Waals surface area contributed by atoms with Crippen LogP contribution >= 0.6 is 11.6 Å². The third-order valence-electron chi connectivity index (χ3n) is 3.78. The van der Waals surface area contributed by atoms with Crippen LogP contribution in [0.25, 0.3) is 0 Å². The van der Waals surface area contributed by atoms with Gasteiger partial charge in [0.1, 0.15) is 12.3 Å². The molecular formula is C20H24ClN3O4S. The Balaban J connectivity index is 2.05. The fourth-order valence-electron chi connectivity index (χ4n) is 2.48. The highest BCUT2D eigenvalue weighted by molar-refractivity contribution is 7.92. The molecule has 0 aliphatic rings. The van der Waals surface area contributed by atoms with Gasteiger partial charge in [0.2, 0.25) is 10.0 Å². The van der Waals surface area contributed by atoms with Gasteiger partial charge in [-0.25, -0.2) is 13.8 Å². The maximum atomic E-state index is 12.3. The van der Waals surface area contributed by atoms with Crippen LogP contribution < -0.4 is 14.5 Å². The number of halogens is 1. The van der Waals surface area contributed by atoms with Crippen LogP contribution in [0.2, 0.25) is 5.02 Å². The first kappa shape index (κ1) is 22.7.